The summed E-state index contributed by atoms with van der Waals surface area (Å²) in [6.07, 6.45) is -2.81. The third kappa shape index (κ3) is 6.06. The molecule has 0 amide bonds. The first-order valence-corrected chi connectivity index (χ1v) is 11.3. The number of thiazole rings is 1. The van der Waals surface area contributed by atoms with E-state index >= 15 is 0 Å². The molecule has 11 heteroatoms. The van der Waals surface area contributed by atoms with E-state index < -0.39 is 11.7 Å². The number of thiocarbonyl (C=S) groups is 1. The van der Waals surface area contributed by atoms with Crippen LogP contribution in [0.1, 0.15) is 10.4 Å². The zero-order valence-electron chi connectivity index (χ0n) is 17.3. The fourth-order valence-electron chi connectivity index (χ4n) is 3.18. The first-order valence-electron chi connectivity index (χ1n) is 10.1. The number of nitrogens with zero attached hydrogens (tertiary/aromatic N) is 3. The van der Waals surface area contributed by atoms with Crippen LogP contribution in [0.4, 0.5) is 24.0 Å². The van der Waals surface area contributed by atoms with Gasteiger partial charge in [0, 0.05) is 24.3 Å². The molecule has 1 aliphatic rings. The van der Waals surface area contributed by atoms with Gasteiger partial charge in [-0.25, -0.2) is 4.98 Å². The number of hydrogen-bond acceptors (Lipinski definition) is 6. The van der Waals surface area contributed by atoms with E-state index in [2.05, 4.69) is 20.7 Å². The lowest BCUT2D eigenvalue weighted by molar-refractivity contribution is -0.137. The SMILES string of the molecule is FC(F)(F)c1cccc(NC(=S)NN=Cc2sc(N3CCOCC3)nc2-c2ccccc2)c1. The molecular formula is C22H20F3N5OS2. The van der Waals surface area contributed by atoms with Gasteiger partial charge in [0.05, 0.1) is 35.6 Å². The van der Waals surface area contributed by atoms with Crippen LogP contribution >= 0.6 is 23.6 Å². The van der Waals surface area contributed by atoms with Gasteiger partial charge in [-0.3, -0.25) is 5.43 Å². The zero-order chi connectivity index (χ0) is 23.3. The Morgan fingerprint density at radius 1 is 1.12 bits per heavy atom. The Morgan fingerprint density at radius 3 is 2.61 bits per heavy atom. The van der Waals surface area contributed by atoms with Crippen molar-refractivity contribution < 1.29 is 17.9 Å². The van der Waals surface area contributed by atoms with Crippen LogP contribution in [-0.4, -0.2) is 42.6 Å². The fraction of sp³-hybridized carbons (Fsp3) is 0.227. The molecule has 1 aliphatic heterocycles. The molecular weight excluding hydrogens is 471 g/mol. The van der Waals surface area contributed by atoms with E-state index in [0.717, 1.165) is 46.5 Å². The van der Waals surface area contributed by atoms with Crippen LogP contribution in [0.2, 0.25) is 0 Å². The molecule has 0 spiro atoms. The number of morpholine rings is 1. The predicted molar refractivity (Wildman–Crippen MR) is 129 cm³/mol. The minimum absolute atomic E-state index is 0.0738. The van der Waals surface area contributed by atoms with Crippen molar-refractivity contribution >= 4 is 45.7 Å². The number of halogens is 3. The van der Waals surface area contributed by atoms with Crippen molar-refractivity contribution in [2.24, 2.45) is 5.10 Å². The van der Waals surface area contributed by atoms with Gasteiger partial charge >= 0.3 is 6.18 Å². The van der Waals surface area contributed by atoms with Crippen LogP contribution in [-0.2, 0) is 10.9 Å². The molecule has 0 unspecified atom stereocenters. The fourth-order valence-corrected chi connectivity index (χ4v) is 4.36. The third-order valence-corrected chi connectivity index (χ3v) is 6.01. The van der Waals surface area contributed by atoms with E-state index in [1.807, 2.05) is 30.3 Å². The number of nitrogens with one attached hydrogen (secondary N) is 2. The van der Waals surface area contributed by atoms with Gasteiger partial charge in [0.15, 0.2) is 10.2 Å². The van der Waals surface area contributed by atoms with Gasteiger partial charge in [0.2, 0.25) is 0 Å². The molecule has 0 bridgehead atoms. The standard InChI is InChI=1S/C22H20F3N5OS2/c23-22(24,25)16-7-4-8-17(13-16)27-20(32)29-26-14-18-19(15-5-2-1-3-6-15)28-21(33-18)30-9-11-31-12-10-30/h1-8,13-14H,9-12H2,(H2,27,29,32). The van der Waals surface area contributed by atoms with Crippen LogP contribution in [0.3, 0.4) is 0 Å². The average Bonchev–Trinajstić information content (AvgIpc) is 3.24. The smallest absolute Gasteiger partial charge is 0.378 e. The van der Waals surface area contributed by atoms with Crippen molar-refractivity contribution in [1.82, 2.24) is 10.4 Å². The van der Waals surface area contributed by atoms with Crippen LogP contribution < -0.4 is 15.6 Å². The molecule has 1 aromatic heterocycles. The van der Waals surface area contributed by atoms with Gasteiger partial charge in [-0.2, -0.15) is 18.3 Å². The van der Waals surface area contributed by atoms with E-state index in [4.69, 9.17) is 21.9 Å². The quantitative estimate of drug-likeness (QED) is 0.298. The maximum absolute atomic E-state index is 12.9. The van der Waals surface area contributed by atoms with Crippen molar-refractivity contribution in [1.29, 1.82) is 0 Å². The Hall–Kier alpha value is -3.02. The molecule has 1 fully saturated rings. The first-order chi connectivity index (χ1) is 15.9. The second kappa shape index (κ2) is 10.3. The molecule has 0 radical (unpaired) electrons. The molecule has 172 valence electrons. The molecule has 0 atom stereocenters. The second-order valence-corrected chi connectivity index (χ2v) is 8.49. The summed E-state index contributed by atoms with van der Waals surface area (Å²) in [4.78, 5) is 7.82. The van der Waals surface area contributed by atoms with E-state index in [1.165, 1.54) is 23.5 Å². The summed E-state index contributed by atoms with van der Waals surface area (Å²) in [7, 11) is 0. The maximum Gasteiger partial charge on any atom is 0.416 e. The van der Waals surface area contributed by atoms with Crippen molar-refractivity contribution in [3.63, 3.8) is 0 Å². The van der Waals surface area contributed by atoms with Gasteiger partial charge in [-0.15, -0.1) is 0 Å². The van der Waals surface area contributed by atoms with Gasteiger partial charge in [-0.1, -0.05) is 47.7 Å². The van der Waals surface area contributed by atoms with Crippen LogP contribution in [0.5, 0.6) is 0 Å². The van der Waals surface area contributed by atoms with Crippen molar-refractivity contribution in [3.05, 3.63) is 65.0 Å². The van der Waals surface area contributed by atoms with Crippen molar-refractivity contribution in [3.8, 4) is 11.3 Å². The molecule has 2 heterocycles. The van der Waals surface area contributed by atoms with Gasteiger partial charge in [0.25, 0.3) is 0 Å². The van der Waals surface area contributed by atoms with Crippen molar-refractivity contribution in [2.75, 3.05) is 36.5 Å². The molecule has 4 rings (SSSR count). The largest absolute Gasteiger partial charge is 0.416 e. The Morgan fingerprint density at radius 2 is 1.88 bits per heavy atom. The number of alkyl halides is 3. The molecule has 2 aromatic carbocycles. The van der Waals surface area contributed by atoms with Gasteiger partial charge < -0.3 is 15.0 Å². The van der Waals surface area contributed by atoms with Crippen molar-refractivity contribution in [2.45, 2.75) is 6.18 Å². The summed E-state index contributed by atoms with van der Waals surface area (Å²) < 4.78 is 44.1. The lowest BCUT2D eigenvalue weighted by atomic mass is 10.1. The lowest BCUT2D eigenvalue weighted by Gasteiger charge is -2.26. The summed E-state index contributed by atoms with van der Waals surface area (Å²) in [5, 5.41) is 7.85. The number of hydrogen-bond donors (Lipinski definition) is 2. The third-order valence-electron chi connectivity index (χ3n) is 4.77. The number of anilines is 2. The molecule has 0 aliphatic carbocycles. The van der Waals surface area contributed by atoms with Crippen LogP contribution in [0.25, 0.3) is 11.3 Å². The molecule has 6 nitrogen and oxygen atoms in total. The molecule has 0 saturated carbocycles. The summed E-state index contributed by atoms with van der Waals surface area (Å²) in [6.45, 7) is 2.84. The average molecular weight is 492 g/mol. The van der Waals surface area contributed by atoms with Crippen LogP contribution in [0, 0.1) is 0 Å². The van der Waals surface area contributed by atoms with Gasteiger partial charge in [0.1, 0.15) is 0 Å². The summed E-state index contributed by atoms with van der Waals surface area (Å²) in [5.74, 6) is 0. The lowest BCUT2D eigenvalue weighted by Crippen LogP contribution is -2.36. The number of hydrazone groups is 1. The Kier molecular flexibility index (Phi) is 7.21. The van der Waals surface area contributed by atoms with E-state index in [0.29, 0.717) is 13.2 Å². The van der Waals surface area contributed by atoms with E-state index in [1.54, 1.807) is 6.21 Å². The Labute approximate surface area is 198 Å². The molecule has 1 saturated heterocycles. The topological polar surface area (TPSA) is 61.8 Å². The van der Waals surface area contributed by atoms with Crippen LogP contribution in [0.15, 0.2) is 59.7 Å². The first kappa shape index (κ1) is 23.1. The highest BCUT2D eigenvalue weighted by atomic mass is 32.1. The summed E-state index contributed by atoms with van der Waals surface area (Å²) >= 11 is 6.67. The zero-order valence-corrected chi connectivity index (χ0v) is 18.9. The van der Waals surface area contributed by atoms with Gasteiger partial charge in [-0.05, 0) is 30.4 Å². The Bertz CT molecular complexity index is 1130. The predicted octanol–water partition coefficient (Wildman–Crippen LogP) is 4.99. The Balaban J connectivity index is 1.48. The molecule has 3 aromatic rings. The summed E-state index contributed by atoms with van der Waals surface area (Å²) in [5.41, 5.74) is 3.87. The minimum Gasteiger partial charge on any atom is -0.378 e. The highest BCUT2D eigenvalue weighted by Gasteiger charge is 2.30. The van der Waals surface area contributed by atoms with E-state index in [9.17, 15) is 13.2 Å². The molecule has 33 heavy (non-hydrogen) atoms. The molecule has 2 N–H and O–H groups in total. The highest BCUT2D eigenvalue weighted by Crippen LogP contribution is 2.33. The van der Waals surface area contributed by atoms with E-state index in [-0.39, 0.29) is 10.8 Å². The minimum atomic E-state index is -4.43. The second-order valence-electron chi connectivity index (χ2n) is 7.08. The summed E-state index contributed by atoms with van der Waals surface area (Å²) in [6, 6.07) is 14.6. The number of aromatic nitrogens is 1. The number of rotatable bonds is 5. The number of benzene rings is 2. The monoisotopic (exact) mass is 491 g/mol. The normalized spacial score (nSPS) is 14.5. The maximum atomic E-state index is 12.9. The number of ether oxygens (including phenoxy) is 1. The highest BCUT2D eigenvalue weighted by molar-refractivity contribution is 7.80.